The van der Waals surface area contributed by atoms with Gasteiger partial charge in [0.1, 0.15) is 0 Å². The van der Waals surface area contributed by atoms with Crippen molar-refractivity contribution in [2.45, 2.75) is 398 Å². The lowest BCUT2D eigenvalue weighted by molar-refractivity contribution is -0.143. The molecule has 0 aromatic carbocycles. The number of nitrogens with one attached hydrogen (secondary N) is 1. The quantitative estimate of drug-likeness (QED) is 0.0320. The fourth-order valence-corrected chi connectivity index (χ4v) is 10.9. The molecule has 2 unspecified atom stereocenters. The van der Waals surface area contributed by atoms with Crippen molar-refractivity contribution in [2.75, 3.05) is 13.2 Å². The van der Waals surface area contributed by atoms with Crippen LogP contribution in [0.15, 0.2) is 24.3 Å². The molecule has 76 heavy (non-hydrogen) atoms. The van der Waals surface area contributed by atoms with E-state index in [-0.39, 0.29) is 18.5 Å². The highest BCUT2D eigenvalue weighted by Gasteiger charge is 2.18. The average Bonchev–Trinajstić information content (AvgIpc) is 3.42. The molecule has 1 amide bonds. The predicted octanol–water partition coefficient (Wildman–Crippen LogP) is 22.1. The topological polar surface area (TPSA) is 95.9 Å². The molecule has 0 heterocycles. The number of amides is 1. The fraction of sp³-hybridized carbons (Fsp3) is 0.914. The Morgan fingerprint density at radius 1 is 0.355 bits per heavy atom. The molecule has 0 saturated heterocycles. The second-order valence-electron chi connectivity index (χ2n) is 23.9. The molecule has 6 nitrogen and oxygen atoms in total. The van der Waals surface area contributed by atoms with Gasteiger partial charge in [0.2, 0.25) is 5.91 Å². The summed E-state index contributed by atoms with van der Waals surface area (Å²) < 4.78 is 5.51. The Labute approximate surface area is 475 Å². The summed E-state index contributed by atoms with van der Waals surface area (Å²) in [5, 5.41) is 23.1. The maximum atomic E-state index is 12.4. The first kappa shape index (κ1) is 74.3. The zero-order valence-electron chi connectivity index (χ0n) is 51.5. The van der Waals surface area contributed by atoms with Gasteiger partial charge in [-0.15, -0.1) is 0 Å². The molecule has 2 atom stereocenters. The summed E-state index contributed by atoms with van der Waals surface area (Å²) in [5.41, 5.74) is 0. The largest absolute Gasteiger partial charge is 0.466 e. The van der Waals surface area contributed by atoms with Crippen molar-refractivity contribution in [1.82, 2.24) is 5.32 Å². The van der Waals surface area contributed by atoms with E-state index in [1.807, 2.05) is 6.08 Å². The van der Waals surface area contributed by atoms with E-state index in [1.165, 1.54) is 315 Å². The van der Waals surface area contributed by atoms with Crippen LogP contribution in [0.5, 0.6) is 0 Å². The number of allylic oxidation sites excluding steroid dienone is 3. The second-order valence-corrected chi connectivity index (χ2v) is 23.9. The Bertz CT molecular complexity index is 1190. The number of hydrogen-bond acceptors (Lipinski definition) is 5. The molecule has 6 heteroatoms. The fourth-order valence-electron chi connectivity index (χ4n) is 10.9. The number of carbonyl (C=O) groups is 2. The second kappa shape index (κ2) is 65.9. The maximum Gasteiger partial charge on any atom is 0.305 e. The van der Waals surface area contributed by atoms with Gasteiger partial charge in [-0.3, -0.25) is 9.59 Å². The lowest BCUT2D eigenvalue weighted by Gasteiger charge is -2.20. The van der Waals surface area contributed by atoms with Gasteiger partial charge < -0.3 is 20.3 Å². The summed E-state index contributed by atoms with van der Waals surface area (Å²) in [7, 11) is 0. The van der Waals surface area contributed by atoms with Crippen LogP contribution >= 0.6 is 0 Å². The molecule has 0 aliphatic carbocycles. The lowest BCUT2D eigenvalue weighted by atomic mass is 10.0. The standard InChI is InChI=1S/C70H135NO5/c1-3-5-7-9-11-13-15-16-17-18-34-37-40-44-48-52-56-60-64-70(75)76-65-61-57-53-49-45-41-38-35-32-30-28-26-24-22-20-19-21-23-25-27-29-31-33-36-39-43-47-51-55-59-63-69(74)71-67(66-72)68(73)62-58-54-50-46-42-14-12-10-8-6-4-2/h17-18,58,62,67-68,72-73H,3-16,19-57,59-61,63-66H2,1-2H3,(H,71,74)/b18-17-,62-58+. The molecular weight excluding hydrogens is 935 g/mol. The van der Waals surface area contributed by atoms with Crippen molar-refractivity contribution in [3.8, 4) is 0 Å². The Balaban J connectivity index is 3.31. The highest BCUT2D eigenvalue weighted by Crippen LogP contribution is 2.19. The van der Waals surface area contributed by atoms with Gasteiger partial charge in [-0.1, -0.05) is 340 Å². The molecule has 0 radical (unpaired) electrons. The van der Waals surface area contributed by atoms with E-state index in [4.69, 9.17) is 4.74 Å². The highest BCUT2D eigenvalue weighted by atomic mass is 16.5. The minimum atomic E-state index is -0.840. The molecule has 0 saturated carbocycles. The van der Waals surface area contributed by atoms with Crippen LogP contribution in [0, 0.1) is 0 Å². The van der Waals surface area contributed by atoms with Crippen molar-refractivity contribution < 1.29 is 24.5 Å². The number of aliphatic hydroxyl groups excluding tert-OH is 2. The summed E-state index contributed by atoms with van der Waals surface area (Å²) in [6.45, 7) is 4.92. The molecule has 0 aliphatic heterocycles. The third-order valence-electron chi connectivity index (χ3n) is 16.2. The first-order chi connectivity index (χ1) is 37.5. The molecule has 3 N–H and O–H groups in total. The molecule has 0 aromatic rings. The van der Waals surface area contributed by atoms with Crippen LogP contribution in [0.25, 0.3) is 0 Å². The summed E-state index contributed by atoms with van der Waals surface area (Å²) >= 11 is 0. The summed E-state index contributed by atoms with van der Waals surface area (Å²) in [6, 6.07) is -0.623. The number of esters is 1. The first-order valence-electron chi connectivity index (χ1n) is 34.6. The SMILES string of the molecule is CCCCCCCCC/C=C\CCCCCCCCCC(=O)OCCCCCCCCCCCCCCCCCCCCCCCCCCCCCCCCC(=O)NC(CO)C(O)/C=C/CCCCCCCCCCC. The Kier molecular flexibility index (Phi) is 64.4. The van der Waals surface area contributed by atoms with Crippen molar-refractivity contribution in [2.24, 2.45) is 0 Å². The normalized spacial score (nSPS) is 12.6. The van der Waals surface area contributed by atoms with E-state index in [1.54, 1.807) is 6.08 Å². The number of ether oxygens (including phenoxy) is 1. The maximum absolute atomic E-state index is 12.4. The number of hydrogen-bond donors (Lipinski definition) is 3. The van der Waals surface area contributed by atoms with Crippen LogP contribution < -0.4 is 5.32 Å². The number of aliphatic hydroxyl groups is 2. The molecule has 0 rings (SSSR count). The van der Waals surface area contributed by atoms with Gasteiger partial charge in [0, 0.05) is 12.8 Å². The van der Waals surface area contributed by atoms with Gasteiger partial charge >= 0.3 is 5.97 Å². The van der Waals surface area contributed by atoms with Crippen molar-refractivity contribution in [3.05, 3.63) is 24.3 Å². The minimum absolute atomic E-state index is 0.0174. The van der Waals surface area contributed by atoms with Crippen LogP contribution in [-0.2, 0) is 14.3 Å². The van der Waals surface area contributed by atoms with E-state index in [0.29, 0.717) is 19.4 Å². The van der Waals surface area contributed by atoms with E-state index >= 15 is 0 Å². The smallest absolute Gasteiger partial charge is 0.305 e. The first-order valence-corrected chi connectivity index (χ1v) is 34.6. The van der Waals surface area contributed by atoms with Crippen molar-refractivity contribution in [3.63, 3.8) is 0 Å². The van der Waals surface area contributed by atoms with Crippen LogP contribution in [-0.4, -0.2) is 47.4 Å². The van der Waals surface area contributed by atoms with Gasteiger partial charge in [-0.25, -0.2) is 0 Å². The van der Waals surface area contributed by atoms with Crippen molar-refractivity contribution >= 4 is 11.9 Å². The summed E-state index contributed by atoms with van der Waals surface area (Å²) in [5.74, 6) is -0.0464. The van der Waals surface area contributed by atoms with Crippen molar-refractivity contribution in [1.29, 1.82) is 0 Å². The number of carbonyl (C=O) groups excluding carboxylic acids is 2. The van der Waals surface area contributed by atoms with Crippen LogP contribution in [0.1, 0.15) is 386 Å². The highest BCUT2D eigenvalue weighted by molar-refractivity contribution is 5.76. The van der Waals surface area contributed by atoms with Crippen LogP contribution in [0.3, 0.4) is 0 Å². The van der Waals surface area contributed by atoms with E-state index < -0.39 is 12.1 Å². The lowest BCUT2D eigenvalue weighted by Crippen LogP contribution is -2.45. The molecule has 0 bridgehead atoms. The van der Waals surface area contributed by atoms with Gasteiger partial charge in [-0.2, -0.15) is 0 Å². The number of unbranched alkanes of at least 4 members (excludes halogenated alkanes) is 52. The molecule has 0 spiro atoms. The Morgan fingerprint density at radius 2 is 0.618 bits per heavy atom. The Hall–Kier alpha value is -1.66. The van der Waals surface area contributed by atoms with Gasteiger partial charge in [0.25, 0.3) is 0 Å². The monoisotopic (exact) mass is 1070 g/mol. The van der Waals surface area contributed by atoms with Gasteiger partial charge in [0.05, 0.1) is 25.4 Å². The van der Waals surface area contributed by atoms with E-state index in [0.717, 1.165) is 44.9 Å². The zero-order chi connectivity index (χ0) is 55.0. The number of rotatable bonds is 65. The van der Waals surface area contributed by atoms with Crippen LogP contribution in [0.4, 0.5) is 0 Å². The molecular formula is C70H135NO5. The molecule has 0 aromatic heterocycles. The summed E-state index contributed by atoms with van der Waals surface area (Å²) in [6.07, 6.45) is 82.7. The predicted molar refractivity (Wildman–Crippen MR) is 333 cm³/mol. The van der Waals surface area contributed by atoms with Gasteiger partial charge in [0.15, 0.2) is 0 Å². The average molecular weight is 1070 g/mol. The Morgan fingerprint density at radius 3 is 0.934 bits per heavy atom. The molecule has 0 fully saturated rings. The van der Waals surface area contributed by atoms with E-state index in [2.05, 4.69) is 31.3 Å². The third-order valence-corrected chi connectivity index (χ3v) is 16.2. The van der Waals surface area contributed by atoms with Gasteiger partial charge in [-0.05, 0) is 57.8 Å². The molecule has 450 valence electrons. The van der Waals surface area contributed by atoms with Crippen LogP contribution in [0.2, 0.25) is 0 Å². The zero-order valence-corrected chi connectivity index (χ0v) is 51.5. The molecule has 0 aliphatic rings. The van der Waals surface area contributed by atoms with E-state index in [9.17, 15) is 19.8 Å². The third kappa shape index (κ3) is 61.6. The summed E-state index contributed by atoms with van der Waals surface area (Å²) in [4.78, 5) is 24.5. The minimum Gasteiger partial charge on any atom is -0.466 e.